The van der Waals surface area contributed by atoms with Crippen LogP contribution >= 0.6 is 0 Å². The molecule has 2 rings (SSSR count). The summed E-state index contributed by atoms with van der Waals surface area (Å²) in [6, 6.07) is -0.367. The van der Waals surface area contributed by atoms with Gasteiger partial charge in [0.2, 0.25) is 0 Å². The van der Waals surface area contributed by atoms with Crippen molar-refractivity contribution in [3.8, 4) is 0 Å². The Morgan fingerprint density at radius 3 is 2.70 bits per heavy atom. The molecule has 1 aliphatic carbocycles. The van der Waals surface area contributed by atoms with E-state index in [0.29, 0.717) is 18.5 Å². The van der Waals surface area contributed by atoms with Gasteiger partial charge < -0.3 is 15.7 Å². The molecule has 0 saturated heterocycles. The van der Waals surface area contributed by atoms with Crippen molar-refractivity contribution in [2.75, 3.05) is 5.32 Å². The molecule has 0 spiro atoms. The summed E-state index contributed by atoms with van der Waals surface area (Å²) in [6.07, 6.45) is 4.79. The van der Waals surface area contributed by atoms with E-state index < -0.39 is 11.5 Å². The first-order valence-corrected chi connectivity index (χ1v) is 6.77. The molecule has 20 heavy (non-hydrogen) atoms. The number of urea groups is 1. The van der Waals surface area contributed by atoms with Gasteiger partial charge in [-0.15, -0.1) is 0 Å². The Balaban J connectivity index is 1.99. The van der Waals surface area contributed by atoms with Gasteiger partial charge in [0.25, 0.3) is 0 Å². The summed E-state index contributed by atoms with van der Waals surface area (Å²) in [7, 11) is 1.79. The molecule has 2 amide bonds. The van der Waals surface area contributed by atoms with Gasteiger partial charge in [-0.05, 0) is 25.7 Å². The van der Waals surface area contributed by atoms with E-state index in [1.807, 2.05) is 6.92 Å². The minimum Gasteiger partial charge on any atom is -0.481 e. The first-order chi connectivity index (χ1) is 9.44. The van der Waals surface area contributed by atoms with Crippen LogP contribution in [0.2, 0.25) is 0 Å². The molecule has 1 aromatic rings. The lowest BCUT2D eigenvalue weighted by Gasteiger charge is -2.41. The fourth-order valence-corrected chi connectivity index (χ4v) is 2.53. The van der Waals surface area contributed by atoms with Crippen LogP contribution in [-0.2, 0) is 18.3 Å². The van der Waals surface area contributed by atoms with E-state index in [-0.39, 0.29) is 12.5 Å². The number of carbonyl (C=O) groups is 2. The summed E-state index contributed by atoms with van der Waals surface area (Å²) in [6.45, 7) is 1.96. The Bertz CT molecular complexity index is 520. The number of nitrogens with one attached hydrogen (secondary N) is 2. The van der Waals surface area contributed by atoms with Crippen molar-refractivity contribution in [3.63, 3.8) is 0 Å². The van der Waals surface area contributed by atoms with Gasteiger partial charge in [-0.2, -0.15) is 5.10 Å². The van der Waals surface area contributed by atoms with E-state index in [1.54, 1.807) is 17.9 Å². The molecule has 7 nitrogen and oxygen atoms in total. The maximum Gasteiger partial charge on any atom is 0.319 e. The lowest BCUT2D eigenvalue weighted by molar-refractivity contribution is -0.139. The molecule has 110 valence electrons. The van der Waals surface area contributed by atoms with Crippen molar-refractivity contribution in [2.45, 2.75) is 44.6 Å². The predicted molar refractivity (Wildman–Crippen MR) is 73.6 cm³/mol. The number of carboxylic acids is 1. The highest BCUT2D eigenvalue weighted by atomic mass is 16.4. The smallest absolute Gasteiger partial charge is 0.319 e. The molecule has 0 unspecified atom stereocenters. The van der Waals surface area contributed by atoms with Crippen LogP contribution in [0.3, 0.4) is 0 Å². The number of aliphatic carboxylic acids is 1. The zero-order chi connectivity index (χ0) is 14.8. The number of carbonyl (C=O) groups excluding carboxylic acids is 1. The molecule has 1 heterocycles. The van der Waals surface area contributed by atoms with E-state index in [4.69, 9.17) is 5.11 Å². The molecule has 0 atom stereocenters. The Hall–Kier alpha value is -2.05. The summed E-state index contributed by atoms with van der Waals surface area (Å²) in [5, 5.41) is 18.7. The van der Waals surface area contributed by atoms with Crippen LogP contribution in [0, 0.1) is 0 Å². The van der Waals surface area contributed by atoms with Gasteiger partial charge in [0.1, 0.15) is 0 Å². The van der Waals surface area contributed by atoms with Crippen LogP contribution in [0.1, 0.15) is 38.3 Å². The van der Waals surface area contributed by atoms with E-state index >= 15 is 0 Å². The van der Waals surface area contributed by atoms with E-state index in [0.717, 1.165) is 18.5 Å². The van der Waals surface area contributed by atoms with Gasteiger partial charge in [0.05, 0.1) is 23.3 Å². The second-order valence-corrected chi connectivity index (χ2v) is 5.30. The van der Waals surface area contributed by atoms with Crippen molar-refractivity contribution in [3.05, 3.63) is 11.9 Å². The van der Waals surface area contributed by atoms with Crippen molar-refractivity contribution in [1.29, 1.82) is 0 Å². The topological polar surface area (TPSA) is 96.3 Å². The van der Waals surface area contributed by atoms with Crippen molar-refractivity contribution >= 4 is 17.7 Å². The van der Waals surface area contributed by atoms with Crippen LogP contribution in [0.4, 0.5) is 10.5 Å². The Morgan fingerprint density at radius 1 is 1.50 bits per heavy atom. The lowest BCUT2D eigenvalue weighted by Crippen LogP contribution is -2.55. The van der Waals surface area contributed by atoms with Crippen LogP contribution in [-0.4, -0.2) is 32.4 Å². The highest BCUT2D eigenvalue weighted by molar-refractivity contribution is 5.90. The lowest BCUT2D eigenvalue weighted by atomic mass is 9.74. The number of rotatable bonds is 5. The zero-order valence-corrected chi connectivity index (χ0v) is 11.8. The first kappa shape index (κ1) is 14.4. The van der Waals surface area contributed by atoms with E-state index in [2.05, 4.69) is 15.7 Å². The van der Waals surface area contributed by atoms with Crippen LogP contribution < -0.4 is 10.6 Å². The largest absolute Gasteiger partial charge is 0.481 e. The number of aromatic nitrogens is 2. The molecular formula is C13H20N4O3. The van der Waals surface area contributed by atoms with Gasteiger partial charge in [0, 0.05) is 13.2 Å². The number of amides is 2. The maximum atomic E-state index is 12.0. The predicted octanol–water partition coefficient (Wildman–Crippen LogP) is 1.50. The molecule has 7 heteroatoms. The van der Waals surface area contributed by atoms with E-state index in [1.165, 1.54) is 0 Å². The number of carboxylic acid groups (broad SMARTS) is 1. The summed E-state index contributed by atoms with van der Waals surface area (Å²) >= 11 is 0. The number of aryl methyl sites for hydroxylation is 2. The molecule has 0 aromatic carbocycles. The third-order valence-corrected chi connectivity index (χ3v) is 3.67. The monoisotopic (exact) mass is 280 g/mol. The fourth-order valence-electron chi connectivity index (χ4n) is 2.53. The first-order valence-electron chi connectivity index (χ1n) is 6.77. The number of hydrogen-bond donors (Lipinski definition) is 3. The van der Waals surface area contributed by atoms with Crippen molar-refractivity contribution in [2.24, 2.45) is 7.05 Å². The molecular weight excluding hydrogens is 260 g/mol. The van der Waals surface area contributed by atoms with Crippen molar-refractivity contribution in [1.82, 2.24) is 15.1 Å². The minimum atomic E-state index is -0.888. The SMILES string of the molecule is CCc1nn(C)cc1NC(=O)NC1(CC(=O)O)CCC1. The molecule has 1 aliphatic rings. The second-order valence-electron chi connectivity index (χ2n) is 5.30. The number of anilines is 1. The van der Waals surface area contributed by atoms with Crippen LogP contribution in [0.15, 0.2) is 6.20 Å². The van der Waals surface area contributed by atoms with Crippen molar-refractivity contribution < 1.29 is 14.7 Å². The average Bonchev–Trinajstić information content (AvgIpc) is 2.65. The molecule has 0 radical (unpaired) electrons. The van der Waals surface area contributed by atoms with Crippen LogP contribution in [0.25, 0.3) is 0 Å². The number of hydrogen-bond acceptors (Lipinski definition) is 3. The van der Waals surface area contributed by atoms with Gasteiger partial charge in [-0.3, -0.25) is 9.48 Å². The van der Waals surface area contributed by atoms with Crippen LogP contribution in [0.5, 0.6) is 0 Å². The molecule has 3 N–H and O–H groups in total. The third kappa shape index (κ3) is 3.09. The summed E-state index contributed by atoms with van der Waals surface area (Å²) in [5.41, 5.74) is 0.880. The zero-order valence-electron chi connectivity index (χ0n) is 11.8. The minimum absolute atomic E-state index is 0.0336. The highest BCUT2D eigenvalue weighted by Crippen LogP contribution is 2.35. The van der Waals surface area contributed by atoms with Gasteiger partial charge in [0.15, 0.2) is 0 Å². The fraction of sp³-hybridized carbons (Fsp3) is 0.615. The normalized spacial score (nSPS) is 16.3. The van der Waals surface area contributed by atoms with Gasteiger partial charge >= 0.3 is 12.0 Å². The Kier molecular flexibility index (Phi) is 3.96. The molecule has 0 bridgehead atoms. The van der Waals surface area contributed by atoms with Gasteiger partial charge in [-0.1, -0.05) is 6.92 Å². The molecule has 1 fully saturated rings. The quantitative estimate of drug-likeness (QED) is 0.761. The summed E-state index contributed by atoms with van der Waals surface area (Å²) in [5.74, 6) is -0.888. The molecule has 0 aliphatic heterocycles. The Morgan fingerprint density at radius 2 is 2.20 bits per heavy atom. The molecule has 1 aromatic heterocycles. The second kappa shape index (κ2) is 5.52. The molecule has 1 saturated carbocycles. The summed E-state index contributed by atoms with van der Waals surface area (Å²) in [4.78, 5) is 22.9. The number of nitrogens with zero attached hydrogens (tertiary/aromatic N) is 2. The Labute approximate surface area is 117 Å². The van der Waals surface area contributed by atoms with Gasteiger partial charge in [-0.25, -0.2) is 4.79 Å². The third-order valence-electron chi connectivity index (χ3n) is 3.67. The average molecular weight is 280 g/mol. The standard InChI is InChI=1S/C13H20N4O3/c1-3-9-10(8-17(2)16-9)14-12(20)15-13(5-4-6-13)7-11(18)19/h8H,3-7H2,1-2H3,(H,18,19)(H2,14,15,20). The highest BCUT2D eigenvalue weighted by Gasteiger charge is 2.40. The summed E-state index contributed by atoms with van der Waals surface area (Å²) < 4.78 is 1.64. The van der Waals surface area contributed by atoms with E-state index in [9.17, 15) is 9.59 Å². The maximum absolute atomic E-state index is 12.0.